The van der Waals surface area contributed by atoms with Crippen LogP contribution in [0, 0.1) is 0 Å². The molecule has 0 unspecified atom stereocenters. The van der Waals surface area contributed by atoms with Gasteiger partial charge in [-0.2, -0.15) is 0 Å². The monoisotopic (exact) mass is 403 g/mol. The van der Waals surface area contributed by atoms with Gasteiger partial charge in [-0.15, -0.1) is 0 Å². The van der Waals surface area contributed by atoms with Crippen molar-refractivity contribution in [1.82, 2.24) is 10.6 Å². The maximum atomic E-state index is 12.7. The standard InChI is InChI=1S/C24H25N3O3/c1-17(2)26-24(29)27-19-14-12-18(13-15-19)16-25-23(28)21-10-6-7-11-22(21)30-20-8-4-3-5-9-20/h3-15,17H,16H2,1-2H3,(H,25,28)(H2,26,27,29). The molecule has 0 aliphatic rings. The van der Waals surface area contributed by atoms with Crippen molar-refractivity contribution in [3.05, 3.63) is 90.0 Å². The highest BCUT2D eigenvalue weighted by Gasteiger charge is 2.12. The first-order valence-corrected chi connectivity index (χ1v) is 9.78. The quantitative estimate of drug-likeness (QED) is 0.523. The number of hydrogen-bond acceptors (Lipinski definition) is 3. The van der Waals surface area contributed by atoms with E-state index in [1.54, 1.807) is 30.3 Å². The molecule has 0 saturated carbocycles. The van der Waals surface area contributed by atoms with Crippen molar-refractivity contribution in [2.24, 2.45) is 0 Å². The highest BCUT2D eigenvalue weighted by atomic mass is 16.5. The summed E-state index contributed by atoms with van der Waals surface area (Å²) >= 11 is 0. The van der Waals surface area contributed by atoms with Crippen LogP contribution in [0.2, 0.25) is 0 Å². The molecule has 3 rings (SSSR count). The number of carbonyl (C=O) groups excluding carboxylic acids is 2. The second-order valence-electron chi connectivity index (χ2n) is 7.04. The first-order chi connectivity index (χ1) is 14.5. The van der Waals surface area contributed by atoms with Crippen molar-refractivity contribution in [3.8, 4) is 11.5 Å². The summed E-state index contributed by atoms with van der Waals surface area (Å²) in [4.78, 5) is 24.4. The Morgan fingerprint density at radius 2 is 1.53 bits per heavy atom. The van der Waals surface area contributed by atoms with E-state index >= 15 is 0 Å². The van der Waals surface area contributed by atoms with Crippen molar-refractivity contribution in [2.45, 2.75) is 26.4 Å². The summed E-state index contributed by atoms with van der Waals surface area (Å²) in [7, 11) is 0. The second-order valence-corrected chi connectivity index (χ2v) is 7.04. The smallest absolute Gasteiger partial charge is 0.319 e. The number of hydrogen-bond donors (Lipinski definition) is 3. The molecule has 3 aromatic carbocycles. The number of amides is 3. The third-order valence-corrected chi connectivity index (χ3v) is 4.19. The van der Waals surface area contributed by atoms with E-state index in [1.165, 1.54) is 0 Å². The van der Waals surface area contributed by atoms with Gasteiger partial charge in [-0.05, 0) is 55.8 Å². The van der Waals surface area contributed by atoms with Gasteiger partial charge in [0.25, 0.3) is 5.91 Å². The minimum absolute atomic E-state index is 0.0632. The van der Waals surface area contributed by atoms with E-state index in [9.17, 15) is 9.59 Å². The van der Waals surface area contributed by atoms with Gasteiger partial charge in [0.05, 0.1) is 5.56 Å². The summed E-state index contributed by atoms with van der Waals surface area (Å²) in [6.07, 6.45) is 0. The lowest BCUT2D eigenvalue weighted by Gasteiger charge is -2.12. The number of benzene rings is 3. The zero-order chi connectivity index (χ0) is 21.3. The molecule has 0 bridgehead atoms. The molecule has 0 atom stereocenters. The third kappa shape index (κ3) is 6.10. The van der Waals surface area contributed by atoms with Gasteiger partial charge >= 0.3 is 6.03 Å². The SMILES string of the molecule is CC(C)NC(=O)Nc1ccc(CNC(=O)c2ccccc2Oc2ccccc2)cc1. The molecule has 0 aliphatic heterocycles. The predicted octanol–water partition coefficient (Wildman–Crippen LogP) is 4.94. The summed E-state index contributed by atoms with van der Waals surface area (Å²) < 4.78 is 5.86. The molecule has 30 heavy (non-hydrogen) atoms. The summed E-state index contributed by atoms with van der Waals surface area (Å²) in [5, 5.41) is 8.44. The van der Waals surface area contributed by atoms with Gasteiger partial charge in [-0.1, -0.05) is 42.5 Å². The Balaban J connectivity index is 1.59. The molecule has 0 aliphatic carbocycles. The van der Waals surface area contributed by atoms with Gasteiger partial charge in [0.1, 0.15) is 11.5 Å². The summed E-state index contributed by atoms with van der Waals surface area (Å²) in [6.45, 7) is 4.15. The van der Waals surface area contributed by atoms with Crippen LogP contribution in [0.15, 0.2) is 78.9 Å². The fourth-order valence-electron chi connectivity index (χ4n) is 2.77. The van der Waals surface area contributed by atoms with E-state index in [4.69, 9.17) is 4.74 Å². The number of rotatable bonds is 7. The van der Waals surface area contributed by atoms with E-state index in [0.29, 0.717) is 29.3 Å². The Labute approximate surface area is 176 Å². The lowest BCUT2D eigenvalue weighted by atomic mass is 10.1. The molecule has 0 heterocycles. The molecule has 0 saturated heterocycles. The maximum absolute atomic E-state index is 12.7. The largest absolute Gasteiger partial charge is 0.457 e. The van der Waals surface area contributed by atoms with E-state index < -0.39 is 0 Å². The Bertz CT molecular complexity index is 986. The average Bonchev–Trinajstić information content (AvgIpc) is 2.73. The normalized spacial score (nSPS) is 10.4. The fourth-order valence-corrected chi connectivity index (χ4v) is 2.77. The minimum Gasteiger partial charge on any atom is -0.457 e. The molecule has 3 amide bonds. The molecule has 0 fully saturated rings. The van der Waals surface area contributed by atoms with Crippen molar-refractivity contribution in [2.75, 3.05) is 5.32 Å². The third-order valence-electron chi connectivity index (χ3n) is 4.19. The van der Waals surface area contributed by atoms with Crippen LogP contribution < -0.4 is 20.7 Å². The van der Waals surface area contributed by atoms with Gasteiger partial charge in [-0.3, -0.25) is 4.79 Å². The van der Waals surface area contributed by atoms with Crippen molar-refractivity contribution >= 4 is 17.6 Å². The van der Waals surface area contributed by atoms with Gasteiger partial charge in [0.2, 0.25) is 0 Å². The van der Waals surface area contributed by atoms with Gasteiger partial charge in [0.15, 0.2) is 0 Å². The average molecular weight is 403 g/mol. The maximum Gasteiger partial charge on any atom is 0.319 e. The minimum atomic E-state index is -0.249. The molecule has 6 heteroatoms. The van der Waals surface area contributed by atoms with Crippen LogP contribution in [0.25, 0.3) is 0 Å². The van der Waals surface area contributed by atoms with E-state index in [0.717, 1.165) is 5.56 Å². The van der Waals surface area contributed by atoms with Crippen LogP contribution in [0.4, 0.5) is 10.5 Å². The topological polar surface area (TPSA) is 79.5 Å². The Hall–Kier alpha value is -3.80. The van der Waals surface area contributed by atoms with Crippen LogP contribution >= 0.6 is 0 Å². The number of anilines is 1. The van der Waals surface area contributed by atoms with Crippen LogP contribution in [-0.4, -0.2) is 18.0 Å². The second kappa shape index (κ2) is 10.1. The predicted molar refractivity (Wildman–Crippen MR) is 118 cm³/mol. The molecule has 0 aromatic heterocycles. The van der Waals surface area contributed by atoms with E-state index in [-0.39, 0.29) is 18.0 Å². The number of urea groups is 1. The summed E-state index contributed by atoms with van der Waals surface area (Å²) in [6, 6.07) is 23.6. The molecule has 3 N–H and O–H groups in total. The molecular weight excluding hydrogens is 378 g/mol. The van der Waals surface area contributed by atoms with Crippen molar-refractivity contribution < 1.29 is 14.3 Å². The van der Waals surface area contributed by atoms with Crippen LogP contribution in [0.3, 0.4) is 0 Å². The van der Waals surface area contributed by atoms with E-state index in [1.807, 2.05) is 62.4 Å². The zero-order valence-electron chi connectivity index (χ0n) is 17.0. The summed E-state index contributed by atoms with van der Waals surface area (Å²) in [5.41, 5.74) is 2.06. The van der Waals surface area contributed by atoms with Crippen molar-refractivity contribution in [3.63, 3.8) is 0 Å². The first kappa shape index (κ1) is 20.9. The molecular formula is C24H25N3O3. The Kier molecular flexibility index (Phi) is 7.05. The lowest BCUT2D eigenvalue weighted by Crippen LogP contribution is -2.34. The highest BCUT2D eigenvalue weighted by molar-refractivity contribution is 5.97. The van der Waals surface area contributed by atoms with Crippen molar-refractivity contribution in [1.29, 1.82) is 0 Å². The molecule has 6 nitrogen and oxygen atoms in total. The molecule has 0 radical (unpaired) electrons. The number of para-hydroxylation sites is 2. The van der Waals surface area contributed by atoms with Crippen LogP contribution in [0.1, 0.15) is 29.8 Å². The summed E-state index contributed by atoms with van der Waals surface area (Å²) in [5.74, 6) is 0.944. The molecule has 3 aromatic rings. The van der Waals surface area contributed by atoms with Gasteiger partial charge < -0.3 is 20.7 Å². The number of nitrogens with one attached hydrogen (secondary N) is 3. The fraction of sp³-hybridized carbons (Fsp3) is 0.167. The molecule has 0 spiro atoms. The van der Waals surface area contributed by atoms with Crippen LogP contribution in [-0.2, 0) is 6.54 Å². The Morgan fingerprint density at radius 1 is 0.867 bits per heavy atom. The van der Waals surface area contributed by atoms with E-state index in [2.05, 4.69) is 16.0 Å². The lowest BCUT2D eigenvalue weighted by molar-refractivity contribution is 0.0948. The zero-order valence-corrected chi connectivity index (χ0v) is 17.0. The molecule has 154 valence electrons. The first-order valence-electron chi connectivity index (χ1n) is 9.78. The van der Waals surface area contributed by atoms with Gasteiger partial charge in [-0.25, -0.2) is 4.79 Å². The highest BCUT2D eigenvalue weighted by Crippen LogP contribution is 2.25. The number of ether oxygens (including phenoxy) is 1. The Morgan fingerprint density at radius 3 is 2.23 bits per heavy atom. The van der Waals surface area contributed by atoms with Gasteiger partial charge in [0, 0.05) is 18.3 Å². The number of carbonyl (C=O) groups is 2. The van der Waals surface area contributed by atoms with Crippen LogP contribution in [0.5, 0.6) is 11.5 Å².